The molecule has 2 atom stereocenters. The van der Waals surface area contributed by atoms with Crippen LogP contribution < -0.4 is 16.4 Å². The number of hydrogen-bond acceptors (Lipinski definition) is 4. The van der Waals surface area contributed by atoms with Crippen LogP contribution in [0.5, 0.6) is 0 Å². The third-order valence-electron chi connectivity index (χ3n) is 1.50. The highest BCUT2D eigenvalue weighted by molar-refractivity contribution is 4.78. The predicted octanol–water partition coefficient (Wildman–Crippen LogP) is -1.17. The van der Waals surface area contributed by atoms with E-state index in [1.165, 1.54) is 0 Å². The van der Waals surface area contributed by atoms with Crippen LogP contribution in [0, 0.1) is 0 Å². The topological polar surface area (TPSA) is 62.6 Å². The predicted molar refractivity (Wildman–Crippen MR) is 39.4 cm³/mol. The van der Waals surface area contributed by atoms with Crippen LogP contribution in [-0.4, -0.2) is 32.6 Å². The molecule has 4 N–H and O–H groups in total. The fraction of sp³-hybridized carbons (Fsp3) is 1.00. The second-order valence-electron chi connectivity index (χ2n) is 2.36. The van der Waals surface area contributed by atoms with E-state index in [-0.39, 0.29) is 12.5 Å². The van der Waals surface area contributed by atoms with Crippen LogP contribution in [0.4, 0.5) is 0 Å². The number of likely N-dealkylation sites (N-methyl/N-ethyl adjacent to an activating group) is 1. The standard InChI is InChI=1S/C6H15N3O/c1-8-5-6(10-5)9-4-2-3-7/h5-6,8-9H,2-4,7H2,1H3/t5-,6+/m0/s1. The zero-order chi connectivity index (χ0) is 7.40. The van der Waals surface area contributed by atoms with Crippen LogP contribution in [0.25, 0.3) is 0 Å². The first kappa shape index (κ1) is 7.94. The first-order valence-corrected chi connectivity index (χ1v) is 3.64. The Labute approximate surface area is 61.1 Å². The van der Waals surface area contributed by atoms with Crippen molar-refractivity contribution < 1.29 is 4.74 Å². The Kier molecular flexibility index (Phi) is 3.08. The number of hydrogen-bond donors (Lipinski definition) is 3. The Morgan fingerprint density at radius 3 is 2.80 bits per heavy atom. The Balaban J connectivity index is 1.87. The average molecular weight is 145 g/mol. The normalized spacial score (nSPS) is 30.6. The third-order valence-corrected chi connectivity index (χ3v) is 1.50. The highest BCUT2D eigenvalue weighted by atomic mass is 16.6. The summed E-state index contributed by atoms with van der Waals surface area (Å²) >= 11 is 0. The van der Waals surface area contributed by atoms with Crippen molar-refractivity contribution in [3.63, 3.8) is 0 Å². The van der Waals surface area contributed by atoms with E-state index < -0.39 is 0 Å². The average Bonchev–Trinajstić information content (AvgIpc) is 2.68. The molecule has 0 aromatic heterocycles. The number of epoxide rings is 1. The SMILES string of the molecule is CN[C@H]1O[C@H]1NCCCN. The van der Waals surface area contributed by atoms with E-state index in [0.717, 1.165) is 19.5 Å². The van der Waals surface area contributed by atoms with Gasteiger partial charge in [-0.1, -0.05) is 0 Å². The summed E-state index contributed by atoms with van der Waals surface area (Å²) in [4.78, 5) is 0. The maximum atomic E-state index is 5.31. The molecule has 4 nitrogen and oxygen atoms in total. The van der Waals surface area contributed by atoms with Gasteiger partial charge in [0.15, 0.2) is 6.23 Å². The van der Waals surface area contributed by atoms with Crippen LogP contribution >= 0.6 is 0 Å². The summed E-state index contributed by atoms with van der Waals surface area (Å²) in [5.74, 6) is 0. The molecule has 0 aromatic carbocycles. The molecule has 0 radical (unpaired) electrons. The molecule has 0 unspecified atom stereocenters. The van der Waals surface area contributed by atoms with Gasteiger partial charge < -0.3 is 10.5 Å². The third kappa shape index (κ3) is 2.22. The summed E-state index contributed by atoms with van der Waals surface area (Å²) in [6, 6.07) is 0. The molecule has 10 heavy (non-hydrogen) atoms. The fourth-order valence-electron chi connectivity index (χ4n) is 0.834. The molecular formula is C6H15N3O. The van der Waals surface area contributed by atoms with Crippen molar-refractivity contribution in [3.8, 4) is 0 Å². The molecule has 60 valence electrons. The second kappa shape index (κ2) is 3.88. The van der Waals surface area contributed by atoms with E-state index in [0.29, 0.717) is 0 Å². The first-order valence-electron chi connectivity index (χ1n) is 3.64. The van der Waals surface area contributed by atoms with E-state index >= 15 is 0 Å². The van der Waals surface area contributed by atoms with Gasteiger partial charge >= 0.3 is 0 Å². The zero-order valence-corrected chi connectivity index (χ0v) is 6.26. The molecular weight excluding hydrogens is 130 g/mol. The number of ether oxygens (including phenoxy) is 1. The van der Waals surface area contributed by atoms with Gasteiger partial charge in [-0.25, -0.2) is 0 Å². The lowest BCUT2D eigenvalue weighted by molar-refractivity contribution is 0.333. The van der Waals surface area contributed by atoms with Crippen molar-refractivity contribution >= 4 is 0 Å². The van der Waals surface area contributed by atoms with Gasteiger partial charge in [0.2, 0.25) is 0 Å². The fourth-order valence-corrected chi connectivity index (χ4v) is 0.834. The van der Waals surface area contributed by atoms with Crippen LogP contribution in [0.15, 0.2) is 0 Å². The van der Waals surface area contributed by atoms with Crippen LogP contribution in [-0.2, 0) is 4.74 Å². The lowest BCUT2D eigenvalue weighted by Crippen LogP contribution is -2.26. The molecule has 1 aliphatic rings. The van der Waals surface area contributed by atoms with E-state index in [1.807, 2.05) is 7.05 Å². The maximum absolute atomic E-state index is 5.31. The van der Waals surface area contributed by atoms with Gasteiger partial charge in [0.05, 0.1) is 0 Å². The number of nitrogens with two attached hydrogens (primary N) is 1. The largest absolute Gasteiger partial charge is 0.337 e. The molecule has 1 fully saturated rings. The van der Waals surface area contributed by atoms with E-state index in [4.69, 9.17) is 10.5 Å². The molecule has 0 bridgehead atoms. The zero-order valence-electron chi connectivity index (χ0n) is 6.26. The lowest BCUT2D eigenvalue weighted by Gasteiger charge is -1.96. The molecule has 1 rings (SSSR count). The number of rotatable bonds is 5. The minimum absolute atomic E-state index is 0.219. The molecule has 0 aromatic rings. The summed E-state index contributed by atoms with van der Waals surface area (Å²) in [6.45, 7) is 1.68. The van der Waals surface area contributed by atoms with Crippen molar-refractivity contribution in [3.05, 3.63) is 0 Å². The number of nitrogens with one attached hydrogen (secondary N) is 2. The Hall–Kier alpha value is -0.160. The van der Waals surface area contributed by atoms with Crippen LogP contribution in [0.3, 0.4) is 0 Å². The monoisotopic (exact) mass is 145 g/mol. The Bertz CT molecular complexity index is 99.0. The minimum atomic E-state index is 0.219. The smallest absolute Gasteiger partial charge is 0.150 e. The highest BCUT2D eigenvalue weighted by Crippen LogP contribution is 2.14. The van der Waals surface area contributed by atoms with Gasteiger partial charge in [-0.2, -0.15) is 0 Å². The summed E-state index contributed by atoms with van der Waals surface area (Å²) in [5.41, 5.74) is 5.31. The molecule has 0 aliphatic carbocycles. The quantitative estimate of drug-likeness (QED) is 0.337. The Morgan fingerprint density at radius 2 is 2.30 bits per heavy atom. The summed E-state index contributed by atoms with van der Waals surface area (Å²) in [6.07, 6.45) is 1.45. The van der Waals surface area contributed by atoms with Gasteiger partial charge in [0, 0.05) is 0 Å². The highest BCUT2D eigenvalue weighted by Gasteiger charge is 2.36. The molecule has 4 heteroatoms. The van der Waals surface area contributed by atoms with Crippen molar-refractivity contribution in [2.24, 2.45) is 5.73 Å². The van der Waals surface area contributed by atoms with Crippen molar-refractivity contribution in [2.75, 3.05) is 20.1 Å². The van der Waals surface area contributed by atoms with E-state index in [9.17, 15) is 0 Å². The van der Waals surface area contributed by atoms with Crippen LogP contribution in [0.1, 0.15) is 6.42 Å². The first-order chi connectivity index (χ1) is 4.88. The lowest BCUT2D eigenvalue weighted by atomic mass is 10.4. The molecule has 0 amide bonds. The Morgan fingerprint density at radius 1 is 1.50 bits per heavy atom. The van der Waals surface area contributed by atoms with Gasteiger partial charge in [-0.3, -0.25) is 10.6 Å². The summed E-state index contributed by atoms with van der Waals surface area (Å²) in [5, 5.41) is 6.19. The molecule has 1 heterocycles. The minimum Gasteiger partial charge on any atom is -0.337 e. The molecule has 1 aliphatic heterocycles. The molecule has 0 saturated carbocycles. The van der Waals surface area contributed by atoms with Crippen LogP contribution in [0.2, 0.25) is 0 Å². The summed E-state index contributed by atoms with van der Waals surface area (Å²) < 4.78 is 5.15. The van der Waals surface area contributed by atoms with Gasteiger partial charge in [0.25, 0.3) is 0 Å². The van der Waals surface area contributed by atoms with Gasteiger partial charge in [0.1, 0.15) is 6.23 Å². The molecule has 0 spiro atoms. The van der Waals surface area contributed by atoms with Gasteiger partial charge in [-0.15, -0.1) is 0 Å². The van der Waals surface area contributed by atoms with Crippen molar-refractivity contribution in [2.45, 2.75) is 18.9 Å². The van der Waals surface area contributed by atoms with Crippen molar-refractivity contribution in [1.82, 2.24) is 10.6 Å². The van der Waals surface area contributed by atoms with E-state index in [2.05, 4.69) is 10.6 Å². The molecule has 1 saturated heterocycles. The van der Waals surface area contributed by atoms with Crippen molar-refractivity contribution in [1.29, 1.82) is 0 Å². The van der Waals surface area contributed by atoms with Gasteiger partial charge in [-0.05, 0) is 26.6 Å². The van der Waals surface area contributed by atoms with E-state index in [1.54, 1.807) is 0 Å². The summed E-state index contributed by atoms with van der Waals surface area (Å²) in [7, 11) is 1.88. The second-order valence-corrected chi connectivity index (χ2v) is 2.36. The maximum Gasteiger partial charge on any atom is 0.150 e.